The third kappa shape index (κ3) is 1.35. The normalized spacial score (nSPS) is 32.9. The van der Waals surface area contributed by atoms with Gasteiger partial charge in [0.15, 0.2) is 0 Å². The molecule has 3 heteroatoms. The first-order valence-corrected chi connectivity index (χ1v) is 5.29. The first-order valence-electron chi connectivity index (χ1n) is 5.29. The SMILES string of the molecule is CCC(=O)N1C[C@@H]2C[C@H]1CN2CC. The molecule has 2 bridgehead atoms. The number of hydrogen-bond acceptors (Lipinski definition) is 2. The minimum absolute atomic E-state index is 0.336. The molecule has 2 rings (SSSR count). The monoisotopic (exact) mass is 182 g/mol. The number of likely N-dealkylation sites (tertiary alicyclic amines) is 2. The van der Waals surface area contributed by atoms with Crippen LogP contribution < -0.4 is 0 Å². The van der Waals surface area contributed by atoms with Crippen molar-refractivity contribution in [2.45, 2.75) is 38.8 Å². The zero-order valence-corrected chi connectivity index (χ0v) is 8.49. The summed E-state index contributed by atoms with van der Waals surface area (Å²) in [4.78, 5) is 16.1. The first kappa shape index (κ1) is 9.00. The van der Waals surface area contributed by atoms with E-state index in [1.54, 1.807) is 0 Å². The molecule has 0 spiro atoms. The Kier molecular flexibility index (Phi) is 2.28. The fraction of sp³-hybridized carbons (Fsp3) is 0.900. The van der Waals surface area contributed by atoms with Gasteiger partial charge in [0.05, 0.1) is 0 Å². The zero-order valence-electron chi connectivity index (χ0n) is 8.49. The van der Waals surface area contributed by atoms with Gasteiger partial charge in [0.2, 0.25) is 5.91 Å². The number of piperazine rings is 1. The van der Waals surface area contributed by atoms with E-state index in [0.29, 0.717) is 24.4 Å². The average molecular weight is 182 g/mol. The largest absolute Gasteiger partial charge is 0.337 e. The summed E-state index contributed by atoms with van der Waals surface area (Å²) in [6.45, 7) is 7.37. The molecule has 0 saturated carbocycles. The molecule has 2 heterocycles. The molecule has 1 amide bonds. The van der Waals surface area contributed by atoms with Crippen molar-refractivity contribution in [3.63, 3.8) is 0 Å². The molecule has 2 fully saturated rings. The Balaban J connectivity index is 1.99. The predicted molar refractivity (Wildman–Crippen MR) is 51.4 cm³/mol. The predicted octanol–water partition coefficient (Wildman–Crippen LogP) is 0.701. The highest BCUT2D eigenvalue weighted by atomic mass is 16.2. The van der Waals surface area contributed by atoms with E-state index < -0.39 is 0 Å². The highest BCUT2D eigenvalue weighted by molar-refractivity contribution is 5.76. The molecule has 0 aromatic carbocycles. The molecule has 0 aliphatic carbocycles. The standard InChI is InChI=1S/C10H18N2O/c1-3-10(13)12-7-8-5-9(12)6-11(8)4-2/h8-9H,3-7H2,1-2H3/t8-,9-/m0/s1. The number of nitrogens with zero attached hydrogens (tertiary/aromatic N) is 2. The zero-order chi connectivity index (χ0) is 9.42. The maximum Gasteiger partial charge on any atom is 0.222 e. The summed E-state index contributed by atoms with van der Waals surface area (Å²) in [6, 6.07) is 1.18. The van der Waals surface area contributed by atoms with Gasteiger partial charge in [0, 0.05) is 31.6 Å². The fourth-order valence-electron chi connectivity index (χ4n) is 2.65. The number of likely N-dealkylation sites (N-methyl/N-ethyl adjacent to an activating group) is 1. The summed E-state index contributed by atoms with van der Waals surface area (Å²) in [5, 5.41) is 0. The van der Waals surface area contributed by atoms with Crippen LogP contribution in [0.25, 0.3) is 0 Å². The van der Waals surface area contributed by atoms with E-state index in [9.17, 15) is 4.79 Å². The van der Waals surface area contributed by atoms with E-state index in [1.807, 2.05) is 6.92 Å². The Morgan fingerprint density at radius 3 is 2.54 bits per heavy atom. The summed E-state index contributed by atoms with van der Waals surface area (Å²) < 4.78 is 0. The molecule has 2 aliphatic rings. The average Bonchev–Trinajstić information content (AvgIpc) is 2.74. The van der Waals surface area contributed by atoms with Crippen molar-refractivity contribution in [2.24, 2.45) is 0 Å². The number of carbonyl (C=O) groups excluding carboxylic acids is 1. The smallest absolute Gasteiger partial charge is 0.222 e. The van der Waals surface area contributed by atoms with Crippen molar-refractivity contribution in [1.82, 2.24) is 9.80 Å². The maximum absolute atomic E-state index is 11.5. The second-order valence-electron chi connectivity index (χ2n) is 4.03. The third-order valence-corrected chi connectivity index (χ3v) is 3.38. The van der Waals surface area contributed by atoms with E-state index >= 15 is 0 Å². The van der Waals surface area contributed by atoms with E-state index in [0.717, 1.165) is 19.6 Å². The minimum Gasteiger partial charge on any atom is -0.337 e. The first-order chi connectivity index (χ1) is 6.26. The quantitative estimate of drug-likeness (QED) is 0.627. The van der Waals surface area contributed by atoms with Gasteiger partial charge >= 0.3 is 0 Å². The minimum atomic E-state index is 0.336. The lowest BCUT2D eigenvalue weighted by Crippen LogP contribution is -2.48. The topological polar surface area (TPSA) is 23.6 Å². The van der Waals surface area contributed by atoms with Crippen LogP contribution in [0.1, 0.15) is 26.7 Å². The van der Waals surface area contributed by atoms with Gasteiger partial charge in [-0.2, -0.15) is 0 Å². The molecule has 2 saturated heterocycles. The number of fused-ring (bicyclic) bond motifs is 2. The van der Waals surface area contributed by atoms with Crippen LogP contribution in [-0.4, -0.2) is 47.4 Å². The molecule has 3 nitrogen and oxygen atoms in total. The van der Waals surface area contributed by atoms with Crippen LogP contribution in [0.15, 0.2) is 0 Å². The number of carbonyl (C=O) groups is 1. The fourth-order valence-corrected chi connectivity index (χ4v) is 2.65. The second-order valence-corrected chi connectivity index (χ2v) is 4.03. The van der Waals surface area contributed by atoms with Crippen LogP contribution >= 0.6 is 0 Å². The van der Waals surface area contributed by atoms with E-state index in [4.69, 9.17) is 0 Å². The molecule has 74 valence electrons. The van der Waals surface area contributed by atoms with Gasteiger partial charge in [-0.3, -0.25) is 9.69 Å². The van der Waals surface area contributed by atoms with E-state index in [-0.39, 0.29) is 0 Å². The van der Waals surface area contributed by atoms with Crippen LogP contribution in [-0.2, 0) is 4.79 Å². The Morgan fingerprint density at radius 1 is 1.31 bits per heavy atom. The van der Waals surface area contributed by atoms with Crippen molar-refractivity contribution in [3.05, 3.63) is 0 Å². The molecule has 13 heavy (non-hydrogen) atoms. The molecule has 0 N–H and O–H groups in total. The van der Waals surface area contributed by atoms with Gasteiger partial charge < -0.3 is 4.90 Å². The van der Waals surface area contributed by atoms with Crippen molar-refractivity contribution in [2.75, 3.05) is 19.6 Å². The lowest BCUT2D eigenvalue weighted by molar-refractivity contribution is -0.133. The molecule has 0 aromatic rings. The van der Waals surface area contributed by atoms with Crippen LogP contribution in [0.5, 0.6) is 0 Å². The van der Waals surface area contributed by atoms with Crippen LogP contribution in [0, 0.1) is 0 Å². The van der Waals surface area contributed by atoms with Gasteiger partial charge in [0.25, 0.3) is 0 Å². The molecule has 0 unspecified atom stereocenters. The van der Waals surface area contributed by atoms with E-state index in [2.05, 4.69) is 16.7 Å². The second kappa shape index (κ2) is 3.29. The number of hydrogen-bond donors (Lipinski definition) is 0. The Bertz CT molecular complexity index is 217. The molecular weight excluding hydrogens is 164 g/mol. The van der Waals surface area contributed by atoms with Gasteiger partial charge in [-0.1, -0.05) is 13.8 Å². The third-order valence-electron chi connectivity index (χ3n) is 3.38. The summed E-state index contributed by atoms with van der Waals surface area (Å²) in [7, 11) is 0. The number of amides is 1. The van der Waals surface area contributed by atoms with Gasteiger partial charge in [-0.05, 0) is 13.0 Å². The van der Waals surface area contributed by atoms with Crippen LogP contribution in [0.3, 0.4) is 0 Å². The molecule has 0 aromatic heterocycles. The van der Waals surface area contributed by atoms with Gasteiger partial charge in [-0.25, -0.2) is 0 Å². The highest BCUT2D eigenvalue weighted by Crippen LogP contribution is 2.30. The lowest BCUT2D eigenvalue weighted by Gasteiger charge is -2.33. The molecule has 2 atom stereocenters. The Labute approximate surface area is 79.7 Å². The Hall–Kier alpha value is -0.570. The summed E-state index contributed by atoms with van der Waals surface area (Å²) in [5.74, 6) is 0.336. The van der Waals surface area contributed by atoms with E-state index in [1.165, 1.54) is 6.42 Å². The summed E-state index contributed by atoms with van der Waals surface area (Å²) >= 11 is 0. The summed E-state index contributed by atoms with van der Waals surface area (Å²) in [6.07, 6.45) is 1.87. The maximum atomic E-state index is 11.5. The molecule has 2 aliphatic heterocycles. The van der Waals surface area contributed by atoms with Crippen LogP contribution in [0.4, 0.5) is 0 Å². The Morgan fingerprint density at radius 2 is 2.08 bits per heavy atom. The van der Waals surface area contributed by atoms with Crippen molar-refractivity contribution >= 4 is 5.91 Å². The molecular formula is C10H18N2O. The highest BCUT2D eigenvalue weighted by Gasteiger charge is 2.43. The van der Waals surface area contributed by atoms with Crippen molar-refractivity contribution in [1.29, 1.82) is 0 Å². The molecule has 0 radical (unpaired) electrons. The number of rotatable bonds is 2. The lowest BCUT2D eigenvalue weighted by atomic mass is 10.2. The van der Waals surface area contributed by atoms with Crippen LogP contribution in [0.2, 0.25) is 0 Å². The van der Waals surface area contributed by atoms with Crippen molar-refractivity contribution < 1.29 is 4.79 Å². The summed E-state index contributed by atoms with van der Waals surface area (Å²) in [5.41, 5.74) is 0. The van der Waals surface area contributed by atoms with Gasteiger partial charge in [0.1, 0.15) is 0 Å². The van der Waals surface area contributed by atoms with Crippen molar-refractivity contribution in [3.8, 4) is 0 Å². The van der Waals surface area contributed by atoms with Gasteiger partial charge in [-0.15, -0.1) is 0 Å².